The lowest BCUT2D eigenvalue weighted by Crippen LogP contribution is -2.13. The second-order valence-corrected chi connectivity index (χ2v) is 5.05. The average molecular weight is 313 g/mol. The van der Waals surface area contributed by atoms with Gasteiger partial charge in [0, 0.05) is 24.6 Å². The van der Waals surface area contributed by atoms with Crippen LogP contribution in [0.4, 0.5) is 5.69 Å². The molecule has 0 saturated heterocycles. The van der Waals surface area contributed by atoms with Gasteiger partial charge in [-0.25, -0.2) is 0 Å². The first-order valence-corrected chi connectivity index (χ1v) is 7.42. The zero-order valence-corrected chi connectivity index (χ0v) is 12.7. The van der Waals surface area contributed by atoms with Crippen LogP contribution in [0.15, 0.2) is 54.6 Å². The van der Waals surface area contributed by atoms with Gasteiger partial charge in [0.15, 0.2) is 0 Å². The van der Waals surface area contributed by atoms with E-state index in [9.17, 15) is 9.59 Å². The van der Waals surface area contributed by atoms with Gasteiger partial charge in [0.1, 0.15) is 5.75 Å². The van der Waals surface area contributed by atoms with Crippen LogP contribution in [-0.4, -0.2) is 23.6 Å². The largest absolute Gasteiger partial charge is 0.493 e. The van der Waals surface area contributed by atoms with E-state index in [-0.39, 0.29) is 18.7 Å². The van der Waals surface area contributed by atoms with E-state index in [2.05, 4.69) is 5.32 Å². The van der Waals surface area contributed by atoms with Gasteiger partial charge >= 0.3 is 5.97 Å². The number of rotatable bonds is 8. The molecule has 0 aliphatic heterocycles. The molecular formula is C18H19NO4. The summed E-state index contributed by atoms with van der Waals surface area (Å²) in [6.45, 7) is 0.542. The maximum Gasteiger partial charge on any atom is 0.303 e. The lowest BCUT2D eigenvalue weighted by atomic mass is 10.2. The van der Waals surface area contributed by atoms with Gasteiger partial charge in [-0.3, -0.25) is 9.59 Å². The van der Waals surface area contributed by atoms with Crippen molar-refractivity contribution < 1.29 is 19.4 Å². The predicted octanol–water partition coefficient (Wildman–Crippen LogP) is 3.11. The predicted molar refractivity (Wildman–Crippen MR) is 87.6 cm³/mol. The van der Waals surface area contributed by atoms with Crippen LogP contribution in [0.3, 0.4) is 0 Å². The fourth-order valence-electron chi connectivity index (χ4n) is 2.04. The normalized spacial score (nSPS) is 10.1. The van der Waals surface area contributed by atoms with Crippen LogP contribution in [-0.2, 0) is 16.0 Å². The molecule has 0 aliphatic carbocycles. The summed E-state index contributed by atoms with van der Waals surface area (Å²) in [6.07, 6.45) is 0.573. The van der Waals surface area contributed by atoms with Gasteiger partial charge in [-0.15, -0.1) is 0 Å². The monoisotopic (exact) mass is 313 g/mol. The molecule has 0 spiro atoms. The highest BCUT2D eigenvalue weighted by Crippen LogP contribution is 2.18. The van der Waals surface area contributed by atoms with E-state index in [1.807, 2.05) is 36.4 Å². The van der Waals surface area contributed by atoms with Crippen LogP contribution in [0.25, 0.3) is 0 Å². The number of carbonyl (C=O) groups excluding carboxylic acids is 1. The standard InChI is InChI=1S/C18H19NO4/c20-17(9-10-18(21)22)19-15-7-4-8-16(13-15)23-12-11-14-5-2-1-3-6-14/h1-8,13H,9-12H2,(H,19,20)(H,21,22). The quantitative estimate of drug-likeness (QED) is 0.785. The molecule has 5 heteroatoms. The van der Waals surface area contributed by atoms with Crippen molar-refractivity contribution in [2.45, 2.75) is 19.3 Å². The first-order chi connectivity index (χ1) is 11.1. The van der Waals surface area contributed by atoms with Crippen LogP contribution in [0, 0.1) is 0 Å². The zero-order valence-electron chi connectivity index (χ0n) is 12.7. The number of aliphatic carboxylic acids is 1. The van der Waals surface area contributed by atoms with Crippen molar-refractivity contribution in [3.8, 4) is 5.75 Å². The number of carboxylic acids is 1. The Balaban J connectivity index is 1.82. The number of nitrogens with one attached hydrogen (secondary N) is 1. The van der Waals surface area contributed by atoms with Gasteiger partial charge < -0.3 is 15.2 Å². The third-order valence-electron chi connectivity index (χ3n) is 3.19. The summed E-state index contributed by atoms with van der Waals surface area (Å²) < 4.78 is 5.68. The van der Waals surface area contributed by atoms with Crippen LogP contribution in [0.2, 0.25) is 0 Å². The Morgan fingerprint density at radius 3 is 2.52 bits per heavy atom. The van der Waals surface area contributed by atoms with Gasteiger partial charge in [-0.1, -0.05) is 36.4 Å². The van der Waals surface area contributed by atoms with Gasteiger partial charge in [0.25, 0.3) is 0 Å². The first kappa shape index (κ1) is 16.5. The third-order valence-corrected chi connectivity index (χ3v) is 3.19. The molecule has 0 radical (unpaired) electrons. The van der Waals surface area contributed by atoms with Crippen molar-refractivity contribution >= 4 is 17.6 Å². The molecule has 0 fully saturated rings. The maximum absolute atomic E-state index is 11.6. The number of hydrogen-bond acceptors (Lipinski definition) is 3. The number of carbonyl (C=O) groups is 2. The second kappa shape index (κ2) is 8.58. The van der Waals surface area contributed by atoms with E-state index in [1.165, 1.54) is 5.56 Å². The lowest BCUT2D eigenvalue weighted by molar-refractivity contribution is -0.138. The SMILES string of the molecule is O=C(O)CCC(=O)Nc1cccc(OCCc2ccccc2)c1. The van der Waals surface area contributed by atoms with E-state index >= 15 is 0 Å². The molecule has 2 N–H and O–H groups in total. The zero-order chi connectivity index (χ0) is 16.5. The molecule has 0 saturated carbocycles. The third kappa shape index (κ3) is 6.22. The number of carboxylic acid groups (broad SMARTS) is 1. The molecule has 5 nitrogen and oxygen atoms in total. The summed E-state index contributed by atoms with van der Waals surface area (Å²) in [5, 5.41) is 11.2. The Kier molecular flexibility index (Phi) is 6.17. The van der Waals surface area contributed by atoms with Crippen molar-refractivity contribution in [1.29, 1.82) is 0 Å². The van der Waals surface area contributed by atoms with Gasteiger partial charge in [-0.05, 0) is 17.7 Å². The molecule has 0 aromatic heterocycles. The van der Waals surface area contributed by atoms with Crippen LogP contribution in [0.1, 0.15) is 18.4 Å². The summed E-state index contributed by atoms with van der Waals surface area (Å²) in [5.74, 6) is -0.649. The number of ether oxygens (including phenoxy) is 1. The van der Waals surface area contributed by atoms with Crippen molar-refractivity contribution in [3.05, 3.63) is 60.2 Å². The highest BCUT2D eigenvalue weighted by molar-refractivity contribution is 5.92. The molecule has 2 rings (SSSR count). The Morgan fingerprint density at radius 2 is 1.78 bits per heavy atom. The van der Waals surface area contributed by atoms with Gasteiger partial charge in [0.05, 0.1) is 13.0 Å². The maximum atomic E-state index is 11.6. The minimum Gasteiger partial charge on any atom is -0.493 e. The van der Waals surface area contributed by atoms with Crippen LogP contribution < -0.4 is 10.1 Å². The fraction of sp³-hybridized carbons (Fsp3) is 0.222. The number of amides is 1. The van der Waals surface area contributed by atoms with E-state index in [0.717, 1.165) is 6.42 Å². The molecule has 0 atom stereocenters. The summed E-state index contributed by atoms with van der Waals surface area (Å²) in [6, 6.07) is 17.1. The first-order valence-electron chi connectivity index (χ1n) is 7.42. The summed E-state index contributed by atoms with van der Waals surface area (Å²) >= 11 is 0. The molecule has 23 heavy (non-hydrogen) atoms. The molecular weight excluding hydrogens is 294 g/mol. The van der Waals surface area contributed by atoms with Crippen molar-refractivity contribution in [2.24, 2.45) is 0 Å². The van der Waals surface area contributed by atoms with Gasteiger partial charge in [0.2, 0.25) is 5.91 Å². The average Bonchev–Trinajstić information content (AvgIpc) is 2.54. The fourth-order valence-corrected chi connectivity index (χ4v) is 2.04. The van der Waals surface area contributed by atoms with Crippen LogP contribution >= 0.6 is 0 Å². The number of anilines is 1. The smallest absolute Gasteiger partial charge is 0.303 e. The Bertz CT molecular complexity index is 655. The molecule has 2 aromatic rings. The highest BCUT2D eigenvalue weighted by atomic mass is 16.5. The Hall–Kier alpha value is -2.82. The molecule has 1 amide bonds. The van der Waals surface area contributed by atoms with Gasteiger partial charge in [-0.2, -0.15) is 0 Å². The Morgan fingerprint density at radius 1 is 1.00 bits per heavy atom. The van der Waals surface area contributed by atoms with E-state index < -0.39 is 5.97 Å². The Labute approximate surface area is 134 Å². The van der Waals surface area contributed by atoms with Crippen molar-refractivity contribution in [1.82, 2.24) is 0 Å². The topological polar surface area (TPSA) is 75.6 Å². The summed E-state index contributed by atoms with van der Waals surface area (Å²) in [4.78, 5) is 22.1. The minimum atomic E-state index is -0.988. The second-order valence-electron chi connectivity index (χ2n) is 5.05. The van der Waals surface area contributed by atoms with Crippen molar-refractivity contribution in [3.63, 3.8) is 0 Å². The summed E-state index contributed by atoms with van der Waals surface area (Å²) in [7, 11) is 0. The van der Waals surface area contributed by atoms with Crippen molar-refractivity contribution in [2.75, 3.05) is 11.9 Å². The highest BCUT2D eigenvalue weighted by Gasteiger charge is 2.06. The minimum absolute atomic E-state index is 0.0472. The van der Waals surface area contributed by atoms with E-state index in [0.29, 0.717) is 18.0 Å². The number of hydrogen-bond donors (Lipinski definition) is 2. The summed E-state index contributed by atoms with van der Waals surface area (Å²) in [5.41, 5.74) is 1.79. The van der Waals surface area contributed by atoms with E-state index in [4.69, 9.17) is 9.84 Å². The van der Waals surface area contributed by atoms with Crippen LogP contribution in [0.5, 0.6) is 5.75 Å². The number of benzene rings is 2. The molecule has 0 unspecified atom stereocenters. The molecule has 120 valence electrons. The lowest BCUT2D eigenvalue weighted by Gasteiger charge is -2.09. The molecule has 0 bridgehead atoms. The molecule has 2 aromatic carbocycles. The molecule has 0 aliphatic rings. The van der Waals surface area contributed by atoms with E-state index in [1.54, 1.807) is 18.2 Å². The molecule has 0 heterocycles.